The van der Waals surface area contributed by atoms with E-state index in [9.17, 15) is 4.79 Å². The van der Waals surface area contributed by atoms with Crippen LogP contribution in [0.2, 0.25) is 0 Å². The summed E-state index contributed by atoms with van der Waals surface area (Å²) in [6.07, 6.45) is 0.201. The van der Waals surface area contributed by atoms with Crippen molar-refractivity contribution in [3.05, 3.63) is 0 Å². The van der Waals surface area contributed by atoms with Crippen molar-refractivity contribution in [3.63, 3.8) is 0 Å². The monoisotopic (exact) mass is 195 g/mol. The van der Waals surface area contributed by atoms with E-state index < -0.39 is 5.97 Å². The minimum atomic E-state index is -0.753. The fourth-order valence-corrected chi connectivity index (χ4v) is 0.668. The van der Waals surface area contributed by atoms with Crippen molar-refractivity contribution >= 4 is 21.9 Å². The lowest BCUT2D eigenvalue weighted by atomic mass is 10.4. The predicted molar refractivity (Wildman–Crippen MR) is 38.9 cm³/mol. The number of nitrogens with one attached hydrogen (secondary N) is 1. The number of hydrogen-bond acceptors (Lipinski definition) is 2. The van der Waals surface area contributed by atoms with E-state index in [-0.39, 0.29) is 6.42 Å². The van der Waals surface area contributed by atoms with Crippen LogP contribution in [0.25, 0.3) is 0 Å². The molecule has 0 bridgehead atoms. The van der Waals surface area contributed by atoms with Crippen molar-refractivity contribution in [3.8, 4) is 0 Å². The van der Waals surface area contributed by atoms with Gasteiger partial charge in [-0.1, -0.05) is 15.9 Å². The number of alkyl halides is 1. The third kappa shape index (κ3) is 7.91. The Labute approximate surface area is 62.6 Å². The molecule has 2 N–H and O–H groups in total. The zero-order valence-corrected chi connectivity index (χ0v) is 6.65. The van der Waals surface area contributed by atoms with E-state index in [4.69, 9.17) is 5.11 Å². The lowest BCUT2D eigenvalue weighted by Crippen LogP contribution is -2.19. The number of halogens is 1. The van der Waals surface area contributed by atoms with Gasteiger partial charge in [-0.3, -0.25) is 4.79 Å². The second kappa shape index (κ2) is 6.04. The lowest BCUT2D eigenvalue weighted by molar-refractivity contribution is -0.136. The average molecular weight is 196 g/mol. The Morgan fingerprint density at radius 1 is 1.56 bits per heavy atom. The second-order valence-corrected chi connectivity index (χ2v) is 2.38. The van der Waals surface area contributed by atoms with Gasteiger partial charge in [0.2, 0.25) is 0 Å². The van der Waals surface area contributed by atoms with Gasteiger partial charge < -0.3 is 10.4 Å². The molecule has 4 heteroatoms. The maximum Gasteiger partial charge on any atom is 0.304 e. The molecule has 0 aliphatic carbocycles. The standard InChI is InChI=1S/C5H10BrNO2/c6-2-4-7-3-1-5(8)9/h7H,1-4H2,(H,8,9). The predicted octanol–water partition coefficient (Wildman–Crippen LogP) is 0.446. The van der Waals surface area contributed by atoms with Gasteiger partial charge in [-0.2, -0.15) is 0 Å². The first-order valence-electron chi connectivity index (χ1n) is 2.76. The number of aliphatic carboxylic acids is 1. The van der Waals surface area contributed by atoms with Crippen LogP contribution in [0.5, 0.6) is 0 Å². The highest BCUT2D eigenvalue weighted by molar-refractivity contribution is 9.09. The van der Waals surface area contributed by atoms with Crippen molar-refractivity contribution in [2.24, 2.45) is 0 Å². The van der Waals surface area contributed by atoms with E-state index >= 15 is 0 Å². The van der Waals surface area contributed by atoms with Crippen LogP contribution in [0.15, 0.2) is 0 Å². The summed E-state index contributed by atoms with van der Waals surface area (Å²) in [5.41, 5.74) is 0. The minimum Gasteiger partial charge on any atom is -0.481 e. The molecule has 0 aromatic heterocycles. The highest BCUT2D eigenvalue weighted by Gasteiger charge is 1.92. The Hall–Kier alpha value is -0.0900. The first kappa shape index (κ1) is 8.91. The molecule has 0 unspecified atom stereocenters. The lowest BCUT2D eigenvalue weighted by Gasteiger charge is -1.96. The fourth-order valence-electron chi connectivity index (χ4n) is 0.387. The Kier molecular flexibility index (Phi) is 5.98. The summed E-state index contributed by atoms with van der Waals surface area (Å²) in [6, 6.07) is 0. The summed E-state index contributed by atoms with van der Waals surface area (Å²) in [5, 5.41) is 12.0. The third-order valence-corrected chi connectivity index (χ3v) is 1.18. The molecule has 3 nitrogen and oxygen atoms in total. The Morgan fingerprint density at radius 3 is 2.67 bits per heavy atom. The molecule has 0 rings (SSSR count). The van der Waals surface area contributed by atoms with Gasteiger partial charge in [-0.25, -0.2) is 0 Å². The van der Waals surface area contributed by atoms with Crippen LogP contribution < -0.4 is 5.32 Å². The molecule has 0 spiro atoms. The summed E-state index contributed by atoms with van der Waals surface area (Å²) in [6.45, 7) is 1.38. The first-order valence-corrected chi connectivity index (χ1v) is 3.88. The van der Waals surface area contributed by atoms with Crippen LogP contribution in [0, 0.1) is 0 Å². The van der Waals surface area contributed by atoms with Gasteiger partial charge in [0.25, 0.3) is 0 Å². The van der Waals surface area contributed by atoms with Crippen LogP contribution in [0.4, 0.5) is 0 Å². The molecular formula is C5H10BrNO2. The fraction of sp³-hybridized carbons (Fsp3) is 0.800. The van der Waals surface area contributed by atoms with E-state index in [0.29, 0.717) is 6.54 Å². The van der Waals surface area contributed by atoms with E-state index in [0.717, 1.165) is 11.9 Å². The molecule has 0 aromatic carbocycles. The number of carbonyl (C=O) groups is 1. The molecule has 0 atom stereocenters. The Morgan fingerprint density at radius 2 is 2.22 bits per heavy atom. The molecule has 54 valence electrons. The Balaban J connectivity index is 2.83. The maximum atomic E-state index is 9.91. The molecule has 9 heavy (non-hydrogen) atoms. The molecule has 0 fully saturated rings. The van der Waals surface area contributed by atoms with Crippen LogP contribution in [-0.4, -0.2) is 29.5 Å². The highest BCUT2D eigenvalue weighted by atomic mass is 79.9. The SMILES string of the molecule is O=C(O)CCNCCBr. The van der Waals surface area contributed by atoms with Crippen LogP contribution in [-0.2, 0) is 4.79 Å². The van der Waals surface area contributed by atoms with Crippen LogP contribution in [0.1, 0.15) is 6.42 Å². The molecular weight excluding hydrogens is 186 g/mol. The third-order valence-electron chi connectivity index (χ3n) is 0.787. The molecule has 0 saturated carbocycles. The zero-order valence-electron chi connectivity index (χ0n) is 5.06. The Bertz CT molecular complexity index is 87.0. The number of rotatable bonds is 5. The van der Waals surface area contributed by atoms with Gasteiger partial charge >= 0.3 is 5.97 Å². The molecule has 0 radical (unpaired) electrons. The van der Waals surface area contributed by atoms with Crippen molar-refractivity contribution in [2.45, 2.75) is 6.42 Å². The van der Waals surface area contributed by atoms with Gasteiger partial charge in [0.05, 0.1) is 6.42 Å². The quantitative estimate of drug-likeness (QED) is 0.495. The summed E-state index contributed by atoms with van der Waals surface area (Å²) in [7, 11) is 0. The summed E-state index contributed by atoms with van der Waals surface area (Å²) < 4.78 is 0. The number of hydrogen-bond donors (Lipinski definition) is 2. The molecule has 0 aliphatic rings. The molecule has 0 amide bonds. The maximum absolute atomic E-state index is 9.91. The smallest absolute Gasteiger partial charge is 0.304 e. The van der Waals surface area contributed by atoms with E-state index in [2.05, 4.69) is 21.2 Å². The topological polar surface area (TPSA) is 49.3 Å². The van der Waals surface area contributed by atoms with E-state index in [1.165, 1.54) is 0 Å². The molecule has 0 aliphatic heterocycles. The molecule has 0 saturated heterocycles. The van der Waals surface area contributed by atoms with Crippen LogP contribution >= 0.6 is 15.9 Å². The number of carboxylic acids is 1. The average Bonchev–Trinajstić information content (AvgIpc) is 1.80. The number of carboxylic acid groups (broad SMARTS) is 1. The van der Waals surface area contributed by atoms with Crippen LogP contribution in [0.3, 0.4) is 0 Å². The highest BCUT2D eigenvalue weighted by Crippen LogP contribution is 1.77. The first-order chi connectivity index (χ1) is 4.27. The van der Waals surface area contributed by atoms with E-state index in [1.54, 1.807) is 0 Å². The van der Waals surface area contributed by atoms with Gasteiger partial charge in [-0.05, 0) is 0 Å². The summed E-state index contributed by atoms with van der Waals surface area (Å²) in [4.78, 5) is 9.91. The van der Waals surface area contributed by atoms with E-state index in [1.807, 2.05) is 0 Å². The van der Waals surface area contributed by atoms with Crippen molar-refractivity contribution in [1.82, 2.24) is 5.32 Å². The van der Waals surface area contributed by atoms with Crippen molar-refractivity contribution < 1.29 is 9.90 Å². The normalized spacial score (nSPS) is 9.44. The van der Waals surface area contributed by atoms with Gasteiger partial charge in [0, 0.05) is 18.4 Å². The molecule has 0 heterocycles. The summed E-state index contributed by atoms with van der Waals surface area (Å²) in [5.74, 6) is -0.753. The second-order valence-electron chi connectivity index (χ2n) is 1.58. The van der Waals surface area contributed by atoms with Crippen molar-refractivity contribution in [1.29, 1.82) is 0 Å². The van der Waals surface area contributed by atoms with Gasteiger partial charge in [0.1, 0.15) is 0 Å². The zero-order chi connectivity index (χ0) is 7.11. The molecule has 0 aromatic rings. The minimum absolute atomic E-state index is 0.201. The van der Waals surface area contributed by atoms with Gasteiger partial charge in [0.15, 0.2) is 0 Å². The largest absolute Gasteiger partial charge is 0.481 e. The van der Waals surface area contributed by atoms with Crippen molar-refractivity contribution in [2.75, 3.05) is 18.4 Å². The van der Waals surface area contributed by atoms with Gasteiger partial charge in [-0.15, -0.1) is 0 Å². The summed E-state index contributed by atoms with van der Waals surface area (Å²) >= 11 is 3.21.